The lowest BCUT2D eigenvalue weighted by Gasteiger charge is -2.29. The summed E-state index contributed by atoms with van der Waals surface area (Å²) in [6.45, 7) is 4.19. The molecule has 1 fully saturated rings. The number of carbonyl (C=O) groups excluding carboxylic acids is 2. The van der Waals surface area contributed by atoms with Crippen molar-refractivity contribution in [1.82, 2.24) is 5.32 Å². The van der Waals surface area contributed by atoms with Gasteiger partial charge >= 0.3 is 0 Å². The Kier molecular flexibility index (Phi) is 5.14. The second-order valence-corrected chi connectivity index (χ2v) is 7.16. The van der Waals surface area contributed by atoms with Gasteiger partial charge in [0.2, 0.25) is 0 Å². The third-order valence-electron chi connectivity index (χ3n) is 4.26. The van der Waals surface area contributed by atoms with Crippen LogP contribution in [0.5, 0.6) is 0 Å². The number of benzene rings is 1. The first-order chi connectivity index (χ1) is 12.8. The van der Waals surface area contributed by atoms with E-state index in [1.165, 1.54) is 11.0 Å². The van der Waals surface area contributed by atoms with Crippen LogP contribution in [0.4, 0.5) is 11.6 Å². The van der Waals surface area contributed by atoms with Crippen molar-refractivity contribution in [3.63, 3.8) is 0 Å². The molecule has 0 atom stereocenters. The van der Waals surface area contributed by atoms with Crippen LogP contribution in [0.2, 0.25) is 0 Å². The molecule has 7 heteroatoms. The Hall–Kier alpha value is -2.93. The summed E-state index contributed by atoms with van der Waals surface area (Å²) >= 11 is 5.22. The molecule has 0 saturated carbocycles. The summed E-state index contributed by atoms with van der Waals surface area (Å²) in [5.41, 5.74) is 1.73. The molecule has 1 aromatic carbocycles. The Balaban J connectivity index is 1.94. The Labute approximate surface area is 163 Å². The highest BCUT2D eigenvalue weighted by Gasteiger charge is 2.34. The zero-order valence-corrected chi connectivity index (χ0v) is 16.5. The molecule has 0 radical (unpaired) electrons. The van der Waals surface area contributed by atoms with Gasteiger partial charge in [-0.2, -0.15) is 0 Å². The van der Waals surface area contributed by atoms with Crippen LogP contribution in [-0.4, -0.2) is 31.0 Å². The molecule has 1 aliphatic rings. The molecule has 2 amide bonds. The van der Waals surface area contributed by atoms with E-state index in [1.807, 2.05) is 38.4 Å². The van der Waals surface area contributed by atoms with Gasteiger partial charge in [0.05, 0.1) is 5.69 Å². The zero-order chi connectivity index (χ0) is 19.7. The summed E-state index contributed by atoms with van der Waals surface area (Å²) in [6, 6.07) is 11.0. The van der Waals surface area contributed by atoms with Gasteiger partial charge in [-0.3, -0.25) is 19.8 Å². The highest BCUT2D eigenvalue weighted by molar-refractivity contribution is 7.80. The predicted octanol–water partition coefficient (Wildman–Crippen LogP) is 3.30. The van der Waals surface area contributed by atoms with Crippen molar-refractivity contribution in [3.8, 4) is 0 Å². The lowest BCUT2D eigenvalue weighted by atomic mass is 10.0. The third-order valence-corrected chi connectivity index (χ3v) is 4.54. The highest BCUT2D eigenvalue weighted by Crippen LogP contribution is 2.25. The summed E-state index contributed by atoms with van der Waals surface area (Å²) in [6.07, 6.45) is 1.43. The number of nitrogens with one attached hydrogen (secondary N) is 1. The molecule has 6 nitrogen and oxygen atoms in total. The monoisotopic (exact) mass is 383 g/mol. The Morgan fingerprint density at radius 1 is 1.11 bits per heavy atom. The van der Waals surface area contributed by atoms with Crippen LogP contribution in [0.3, 0.4) is 0 Å². The maximum absolute atomic E-state index is 13.0. The highest BCUT2D eigenvalue weighted by atomic mass is 32.1. The van der Waals surface area contributed by atoms with Gasteiger partial charge in [0, 0.05) is 20.2 Å². The molecule has 1 N–H and O–H groups in total. The third kappa shape index (κ3) is 3.78. The lowest BCUT2D eigenvalue weighted by Crippen LogP contribution is -2.54. The largest absolute Gasteiger partial charge is 0.441 e. The van der Waals surface area contributed by atoms with Gasteiger partial charge in [-0.15, -0.1) is 0 Å². The van der Waals surface area contributed by atoms with E-state index in [2.05, 4.69) is 19.2 Å². The normalized spacial score (nSPS) is 16.3. The Morgan fingerprint density at radius 2 is 1.78 bits per heavy atom. The van der Waals surface area contributed by atoms with E-state index in [4.69, 9.17) is 16.6 Å². The zero-order valence-electron chi connectivity index (χ0n) is 15.6. The van der Waals surface area contributed by atoms with E-state index in [9.17, 15) is 9.59 Å². The van der Waals surface area contributed by atoms with Crippen LogP contribution in [-0.2, 0) is 9.59 Å². The minimum atomic E-state index is -0.539. The number of nitrogens with zero attached hydrogens (tertiary/aromatic N) is 2. The molecule has 27 heavy (non-hydrogen) atoms. The summed E-state index contributed by atoms with van der Waals surface area (Å²) in [5.74, 6) is 0.400. The predicted molar refractivity (Wildman–Crippen MR) is 110 cm³/mol. The van der Waals surface area contributed by atoms with Gasteiger partial charge in [0.25, 0.3) is 11.8 Å². The first-order valence-corrected chi connectivity index (χ1v) is 8.97. The molecule has 1 saturated heterocycles. The van der Waals surface area contributed by atoms with Gasteiger partial charge in [0.1, 0.15) is 11.3 Å². The van der Waals surface area contributed by atoms with Gasteiger partial charge in [-0.1, -0.05) is 26.0 Å². The maximum atomic E-state index is 13.0. The minimum Gasteiger partial charge on any atom is -0.441 e. The topological polar surface area (TPSA) is 65.8 Å². The average Bonchev–Trinajstić information content (AvgIpc) is 3.08. The number of thiocarbonyl (C=S) groups is 1. The molecule has 2 heterocycles. The molecule has 0 bridgehead atoms. The van der Waals surface area contributed by atoms with Crippen molar-refractivity contribution in [1.29, 1.82) is 0 Å². The molecule has 1 aliphatic heterocycles. The van der Waals surface area contributed by atoms with E-state index in [-0.39, 0.29) is 10.7 Å². The van der Waals surface area contributed by atoms with E-state index >= 15 is 0 Å². The molecular formula is C20H21N3O3S. The van der Waals surface area contributed by atoms with Crippen LogP contribution >= 0.6 is 12.2 Å². The fraction of sp³-hybridized carbons (Fsp3) is 0.250. The van der Waals surface area contributed by atoms with Crippen molar-refractivity contribution in [2.24, 2.45) is 0 Å². The summed E-state index contributed by atoms with van der Waals surface area (Å²) in [7, 11) is 3.68. The van der Waals surface area contributed by atoms with Crippen molar-refractivity contribution < 1.29 is 14.0 Å². The first-order valence-electron chi connectivity index (χ1n) is 8.56. The van der Waals surface area contributed by atoms with Gasteiger partial charge in [-0.05, 0) is 48.0 Å². The molecular weight excluding hydrogens is 362 g/mol. The van der Waals surface area contributed by atoms with E-state index in [1.54, 1.807) is 17.0 Å². The fourth-order valence-corrected chi connectivity index (χ4v) is 2.98. The number of hydrogen-bond donors (Lipinski definition) is 1. The number of carbonyl (C=O) groups is 2. The van der Waals surface area contributed by atoms with Crippen LogP contribution < -0.4 is 15.1 Å². The van der Waals surface area contributed by atoms with Gasteiger partial charge in [-0.25, -0.2) is 0 Å². The molecule has 0 spiro atoms. The molecule has 0 unspecified atom stereocenters. The van der Waals surface area contributed by atoms with Crippen molar-refractivity contribution >= 4 is 46.8 Å². The van der Waals surface area contributed by atoms with Crippen LogP contribution in [0.25, 0.3) is 6.08 Å². The summed E-state index contributed by atoms with van der Waals surface area (Å²) in [4.78, 5) is 28.4. The van der Waals surface area contributed by atoms with E-state index in [0.29, 0.717) is 23.2 Å². The Bertz CT molecular complexity index is 926. The number of hydrogen-bond acceptors (Lipinski definition) is 5. The van der Waals surface area contributed by atoms with Gasteiger partial charge in [0.15, 0.2) is 11.0 Å². The smallest absolute Gasteiger partial charge is 0.270 e. The van der Waals surface area contributed by atoms with Crippen molar-refractivity contribution in [3.05, 3.63) is 53.3 Å². The average molecular weight is 383 g/mol. The van der Waals surface area contributed by atoms with Crippen LogP contribution in [0, 0.1) is 0 Å². The quantitative estimate of drug-likeness (QED) is 0.499. The number of amides is 2. The minimum absolute atomic E-state index is 0.0313. The SMILES string of the molecule is CC(C)c1ccc(N2C(=O)/C(=C/c3ccc(N(C)C)o3)C(=O)NC2=S)cc1. The van der Waals surface area contributed by atoms with Crippen LogP contribution in [0.1, 0.15) is 31.1 Å². The van der Waals surface area contributed by atoms with E-state index in [0.717, 1.165) is 5.56 Å². The van der Waals surface area contributed by atoms with Crippen molar-refractivity contribution in [2.75, 3.05) is 23.9 Å². The molecule has 140 valence electrons. The molecule has 1 aromatic heterocycles. The van der Waals surface area contributed by atoms with Crippen molar-refractivity contribution in [2.45, 2.75) is 19.8 Å². The van der Waals surface area contributed by atoms with Crippen LogP contribution in [0.15, 0.2) is 46.4 Å². The number of rotatable bonds is 4. The van der Waals surface area contributed by atoms with E-state index < -0.39 is 11.8 Å². The standard InChI is InChI=1S/C20H21N3O3S/c1-12(2)13-5-7-14(8-6-13)23-19(25)16(18(24)21-20(23)27)11-15-9-10-17(26-15)22(3)4/h5-12H,1-4H3,(H,21,24,27)/b16-11+. The first kappa shape index (κ1) is 18.8. The summed E-state index contributed by atoms with van der Waals surface area (Å²) in [5, 5.41) is 2.64. The Morgan fingerprint density at radius 3 is 2.33 bits per heavy atom. The summed E-state index contributed by atoms with van der Waals surface area (Å²) < 4.78 is 5.62. The molecule has 2 aromatic rings. The van der Waals surface area contributed by atoms with Gasteiger partial charge < -0.3 is 9.32 Å². The number of furan rings is 1. The fourth-order valence-electron chi connectivity index (χ4n) is 2.70. The molecule has 3 rings (SSSR count). The lowest BCUT2D eigenvalue weighted by molar-refractivity contribution is -0.122. The second-order valence-electron chi connectivity index (χ2n) is 6.77. The number of anilines is 2. The maximum Gasteiger partial charge on any atom is 0.270 e. The molecule has 0 aliphatic carbocycles. The second kappa shape index (κ2) is 7.36.